The number of carbonyl (C=O) groups is 1. The summed E-state index contributed by atoms with van der Waals surface area (Å²) in [6, 6.07) is 3.26. The van der Waals surface area contributed by atoms with Gasteiger partial charge in [-0.1, -0.05) is 18.5 Å². The average Bonchev–Trinajstić information content (AvgIpc) is 2.28. The molecule has 1 amide bonds. The smallest absolute Gasteiger partial charge is 0.251 e. The third-order valence-electron chi connectivity index (χ3n) is 2.09. The number of nitrogens with zero attached hydrogens (tertiary/aromatic N) is 1. The fourth-order valence-electron chi connectivity index (χ4n) is 1.25. The van der Waals surface area contributed by atoms with Gasteiger partial charge in [0.15, 0.2) is 0 Å². The van der Waals surface area contributed by atoms with Crippen LogP contribution < -0.4 is 5.32 Å². The van der Waals surface area contributed by atoms with Gasteiger partial charge >= 0.3 is 0 Å². The molecule has 88 valence electrons. The summed E-state index contributed by atoms with van der Waals surface area (Å²) in [6.07, 6.45) is 1.28. The van der Waals surface area contributed by atoms with Gasteiger partial charge in [-0.15, -0.1) is 0 Å². The van der Waals surface area contributed by atoms with Gasteiger partial charge in [0, 0.05) is 24.4 Å². The van der Waals surface area contributed by atoms with E-state index in [9.17, 15) is 4.79 Å². The molecule has 0 aliphatic carbocycles. The Morgan fingerprint density at radius 1 is 1.56 bits per heavy atom. The molecule has 0 saturated carbocycles. The highest BCUT2D eigenvalue weighted by molar-refractivity contribution is 6.29. The molecule has 0 aromatic carbocycles. The van der Waals surface area contributed by atoms with E-state index < -0.39 is 0 Å². The fraction of sp³-hybridized carbons (Fsp3) is 0.455. The Morgan fingerprint density at radius 3 is 2.94 bits per heavy atom. The van der Waals surface area contributed by atoms with Crippen LogP contribution in [0.25, 0.3) is 0 Å². The van der Waals surface area contributed by atoms with Crippen molar-refractivity contribution in [3.63, 3.8) is 0 Å². The topological polar surface area (TPSA) is 62.2 Å². The monoisotopic (exact) mass is 242 g/mol. The van der Waals surface area contributed by atoms with E-state index >= 15 is 0 Å². The Labute approximate surface area is 99.6 Å². The first-order chi connectivity index (χ1) is 7.67. The Bertz CT molecular complexity index is 369. The van der Waals surface area contributed by atoms with Crippen LogP contribution in [0, 0.1) is 0 Å². The molecule has 16 heavy (non-hydrogen) atoms. The third kappa shape index (κ3) is 3.79. The van der Waals surface area contributed by atoms with Crippen LogP contribution in [0.5, 0.6) is 0 Å². The molecule has 0 aliphatic rings. The number of aliphatic hydroxyl groups is 1. The molecule has 0 saturated heterocycles. The lowest BCUT2D eigenvalue weighted by molar-refractivity contribution is 0.0951. The van der Waals surface area contributed by atoms with Crippen LogP contribution in [-0.4, -0.2) is 29.1 Å². The summed E-state index contributed by atoms with van der Waals surface area (Å²) in [6.45, 7) is 2.47. The zero-order valence-electron chi connectivity index (χ0n) is 9.16. The number of pyridine rings is 1. The summed E-state index contributed by atoms with van der Waals surface area (Å²) >= 11 is 5.80. The van der Waals surface area contributed by atoms with E-state index in [0.29, 0.717) is 23.7 Å². The van der Waals surface area contributed by atoms with Gasteiger partial charge in [-0.25, -0.2) is 4.98 Å². The van der Waals surface area contributed by atoms with Crippen LogP contribution >= 0.6 is 11.6 Å². The normalized spacial score (nSPS) is 10.2. The van der Waals surface area contributed by atoms with Crippen molar-refractivity contribution in [3.8, 4) is 0 Å². The van der Waals surface area contributed by atoms with E-state index in [1.54, 1.807) is 6.07 Å². The van der Waals surface area contributed by atoms with Gasteiger partial charge in [0.25, 0.3) is 5.91 Å². The van der Waals surface area contributed by atoms with Crippen LogP contribution in [0.3, 0.4) is 0 Å². The molecule has 1 aromatic heterocycles. The Kier molecular flexibility index (Phi) is 5.22. The number of halogens is 1. The lowest BCUT2D eigenvalue weighted by Crippen LogP contribution is -2.25. The number of aromatic nitrogens is 1. The zero-order chi connectivity index (χ0) is 12.0. The van der Waals surface area contributed by atoms with Crippen molar-refractivity contribution in [3.05, 3.63) is 28.5 Å². The number of amides is 1. The third-order valence-corrected chi connectivity index (χ3v) is 2.29. The Balaban J connectivity index is 2.71. The summed E-state index contributed by atoms with van der Waals surface area (Å²) < 4.78 is 0. The minimum Gasteiger partial charge on any atom is -0.396 e. The van der Waals surface area contributed by atoms with Crippen LogP contribution in [-0.2, 0) is 6.42 Å². The molecule has 4 nitrogen and oxygen atoms in total. The van der Waals surface area contributed by atoms with Gasteiger partial charge in [0.2, 0.25) is 0 Å². The van der Waals surface area contributed by atoms with Crippen molar-refractivity contribution >= 4 is 17.5 Å². The summed E-state index contributed by atoms with van der Waals surface area (Å²) in [5, 5.41) is 11.6. The van der Waals surface area contributed by atoms with Crippen molar-refractivity contribution < 1.29 is 9.90 Å². The molecule has 0 radical (unpaired) electrons. The van der Waals surface area contributed by atoms with Gasteiger partial charge in [0.05, 0.1) is 0 Å². The fourth-order valence-corrected chi connectivity index (χ4v) is 1.47. The minimum atomic E-state index is -0.188. The van der Waals surface area contributed by atoms with Gasteiger partial charge in [0.1, 0.15) is 5.15 Å². The van der Waals surface area contributed by atoms with Crippen LogP contribution in [0.4, 0.5) is 0 Å². The maximum atomic E-state index is 11.7. The quantitative estimate of drug-likeness (QED) is 0.606. The van der Waals surface area contributed by atoms with E-state index in [0.717, 1.165) is 12.1 Å². The largest absolute Gasteiger partial charge is 0.396 e. The maximum Gasteiger partial charge on any atom is 0.251 e. The first-order valence-corrected chi connectivity index (χ1v) is 5.60. The van der Waals surface area contributed by atoms with E-state index in [4.69, 9.17) is 16.7 Å². The molecular formula is C11H15ClN2O2. The Hall–Kier alpha value is -1.13. The number of carbonyl (C=O) groups excluding carboxylic acids is 1. The van der Waals surface area contributed by atoms with E-state index in [-0.39, 0.29) is 12.5 Å². The molecule has 0 atom stereocenters. The predicted octanol–water partition coefficient (Wildman–Crippen LogP) is 1.41. The number of hydrogen-bond donors (Lipinski definition) is 2. The van der Waals surface area contributed by atoms with Crippen LogP contribution in [0.1, 0.15) is 29.4 Å². The highest BCUT2D eigenvalue weighted by Gasteiger charge is 2.07. The van der Waals surface area contributed by atoms with Gasteiger partial charge in [-0.05, 0) is 25.0 Å². The van der Waals surface area contributed by atoms with E-state index in [2.05, 4.69) is 10.3 Å². The highest BCUT2D eigenvalue weighted by Crippen LogP contribution is 2.11. The second kappa shape index (κ2) is 6.45. The maximum absolute atomic E-state index is 11.7. The lowest BCUT2D eigenvalue weighted by atomic mass is 10.2. The number of nitrogens with one attached hydrogen (secondary N) is 1. The molecule has 5 heteroatoms. The molecule has 0 spiro atoms. The lowest BCUT2D eigenvalue weighted by Gasteiger charge is -2.05. The molecule has 1 heterocycles. The van der Waals surface area contributed by atoms with Crippen LogP contribution in [0.15, 0.2) is 12.1 Å². The predicted molar refractivity (Wildman–Crippen MR) is 62.7 cm³/mol. The van der Waals surface area contributed by atoms with Crippen LogP contribution in [0.2, 0.25) is 5.15 Å². The SMILES string of the molecule is CCc1cc(C(=O)NCCCO)cc(Cl)n1. The van der Waals surface area contributed by atoms with Crippen molar-refractivity contribution in [2.75, 3.05) is 13.2 Å². The van der Waals surface area contributed by atoms with Crippen molar-refractivity contribution in [1.29, 1.82) is 0 Å². The van der Waals surface area contributed by atoms with Crippen molar-refractivity contribution in [2.45, 2.75) is 19.8 Å². The summed E-state index contributed by atoms with van der Waals surface area (Å²) in [5.74, 6) is -0.188. The summed E-state index contributed by atoms with van der Waals surface area (Å²) in [7, 11) is 0. The first kappa shape index (κ1) is 12.9. The molecule has 2 N–H and O–H groups in total. The Morgan fingerprint density at radius 2 is 2.31 bits per heavy atom. The number of rotatable bonds is 5. The highest BCUT2D eigenvalue weighted by atomic mass is 35.5. The average molecular weight is 243 g/mol. The second-order valence-corrected chi connectivity index (χ2v) is 3.74. The van der Waals surface area contributed by atoms with E-state index in [1.165, 1.54) is 6.07 Å². The molecular weight excluding hydrogens is 228 g/mol. The molecule has 0 unspecified atom stereocenters. The van der Waals surface area contributed by atoms with Gasteiger partial charge in [-0.3, -0.25) is 4.79 Å². The molecule has 0 fully saturated rings. The second-order valence-electron chi connectivity index (χ2n) is 3.36. The van der Waals surface area contributed by atoms with Gasteiger partial charge in [-0.2, -0.15) is 0 Å². The molecule has 1 aromatic rings. The summed E-state index contributed by atoms with van der Waals surface area (Å²) in [4.78, 5) is 15.7. The summed E-state index contributed by atoms with van der Waals surface area (Å²) in [5.41, 5.74) is 1.30. The molecule has 1 rings (SSSR count). The number of hydrogen-bond acceptors (Lipinski definition) is 3. The molecule has 0 aliphatic heterocycles. The molecule has 0 bridgehead atoms. The zero-order valence-corrected chi connectivity index (χ0v) is 9.92. The van der Waals surface area contributed by atoms with Crippen molar-refractivity contribution in [2.24, 2.45) is 0 Å². The van der Waals surface area contributed by atoms with E-state index in [1.807, 2.05) is 6.92 Å². The van der Waals surface area contributed by atoms with Crippen molar-refractivity contribution in [1.82, 2.24) is 10.3 Å². The standard InChI is InChI=1S/C11H15ClN2O2/c1-2-9-6-8(7-10(12)14-9)11(16)13-4-3-5-15/h6-7,15H,2-5H2,1H3,(H,13,16). The first-order valence-electron chi connectivity index (χ1n) is 5.23. The number of aliphatic hydroxyl groups excluding tert-OH is 1. The number of aryl methyl sites for hydroxylation is 1. The minimum absolute atomic E-state index is 0.0671. The van der Waals surface area contributed by atoms with Gasteiger partial charge < -0.3 is 10.4 Å².